The van der Waals surface area contributed by atoms with Crippen LogP contribution in [0.1, 0.15) is 5.69 Å². The molecule has 0 bridgehead atoms. The average molecular weight is 239 g/mol. The van der Waals surface area contributed by atoms with Crippen molar-refractivity contribution in [2.45, 2.75) is 6.18 Å². The number of hydrogen-bond acceptors (Lipinski definition) is 3. The van der Waals surface area contributed by atoms with Gasteiger partial charge in [0.1, 0.15) is 11.5 Å². The minimum absolute atomic E-state index is 0.308. The van der Waals surface area contributed by atoms with Gasteiger partial charge in [0, 0.05) is 11.8 Å². The van der Waals surface area contributed by atoms with Gasteiger partial charge in [0.15, 0.2) is 0 Å². The third-order valence-corrected chi connectivity index (χ3v) is 2.12. The molecule has 0 amide bonds. The highest BCUT2D eigenvalue weighted by Gasteiger charge is 2.32. The molecule has 88 valence electrons. The van der Waals surface area contributed by atoms with E-state index >= 15 is 0 Å². The molecule has 3 nitrogen and oxygen atoms in total. The lowest BCUT2D eigenvalue weighted by molar-refractivity contribution is -0.141. The molecule has 0 spiro atoms. The maximum atomic E-state index is 12.3. The van der Waals surface area contributed by atoms with Crippen LogP contribution in [0.5, 0.6) is 0 Å². The van der Waals surface area contributed by atoms with Crippen LogP contribution >= 0.6 is 0 Å². The summed E-state index contributed by atoms with van der Waals surface area (Å²) in [5.74, 6) is 0.308. The highest BCUT2D eigenvalue weighted by molar-refractivity contribution is 5.59. The summed E-state index contributed by atoms with van der Waals surface area (Å²) in [7, 11) is 0. The van der Waals surface area contributed by atoms with Gasteiger partial charge >= 0.3 is 6.18 Å². The number of aromatic nitrogens is 2. The largest absolute Gasteiger partial charge is 0.433 e. The number of alkyl halides is 3. The second-order valence-electron chi connectivity index (χ2n) is 3.38. The number of nitrogen functional groups attached to an aromatic ring is 1. The Labute approximate surface area is 95.1 Å². The molecule has 0 aromatic carbocycles. The molecule has 2 aromatic rings. The number of nitrogens with two attached hydrogens (primary N) is 1. The summed E-state index contributed by atoms with van der Waals surface area (Å²) in [5, 5.41) is 0. The van der Waals surface area contributed by atoms with Crippen LogP contribution in [0.15, 0.2) is 36.5 Å². The van der Waals surface area contributed by atoms with E-state index in [0.29, 0.717) is 17.1 Å². The number of halogens is 3. The third kappa shape index (κ3) is 2.52. The van der Waals surface area contributed by atoms with Crippen LogP contribution in [0.2, 0.25) is 0 Å². The van der Waals surface area contributed by atoms with Gasteiger partial charge in [-0.2, -0.15) is 13.2 Å². The van der Waals surface area contributed by atoms with E-state index in [9.17, 15) is 13.2 Å². The Hall–Kier alpha value is -2.11. The van der Waals surface area contributed by atoms with Crippen LogP contribution in [0.25, 0.3) is 11.3 Å². The standard InChI is InChI=1S/C11H8F3N3/c12-11(13,14)9-5-4-7(6-16-9)8-2-1-3-10(15)17-8/h1-6H,(H2,15,17). The Bertz CT molecular complexity index is 520. The Balaban J connectivity index is 2.36. The van der Waals surface area contributed by atoms with Crippen molar-refractivity contribution in [2.24, 2.45) is 0 Å². The molecular weight excluding hydrogens is 231 g/mol. The molecular formula is C11H8F3N3. The highest BCUT2D eigenvalue weighted by atomic mass is 19.4. The number of rotatable bonds is 1. The lowest BCUT2D eigenvalue weighted by atomic mass is 10.2. The average Bonchev–Trinajstić information content (AvgIpc) is 2.28. The number of nitrogens with zero attached hydrogens (tertiary/aromatic N) is 2. The molecule has 0 saturated heterocycles. The van der Waals surface area contributed by atoms with Crippen molar-refractivity contribution < 1.29 is 13.2 Å². The maximum Gasteiger partial charge on any atom is 0.433 e. The summed E-state index contributed by atoms with van der Waals surface area (Å²) in [6.45, 7) is 0. The second kappa shape index (κ2) is 4.04. The number of pyridine rings is 2. The maximum absolute atomic E-state index is 12.3. The SMILES string of the molecule is Nc1cccc(-c2ccc(C(F)(F)F)nc2)n1. The van der Waals surface area contributed by atoms with Crippen LogP contribution in [-0.4, -0.2) is 9.97 Å². The fourth-order valence-electron chi connectivity index (χ4n) is 1.33. The van der Waals surface area contributed by atoms with Gasteiger partial charge in [-0.05, 0) is 24.3 Å². The summed E-state index contributed by atoms with van der Waals surface area (Å²) in [6.07, 6.45) is -3.30. The zero-order valence-electron chi connectivity index (χ0n) is 8.57. The molecule has 2 N–H and O–H groups in total. The van der Waals surface area contributed by atoms with Crippen molar-refractivity contribution in [3.63, 3.8) is 0 Å². The predicted octanol–water partition coefficient (Wildman–Crippen LogP) is 2.74. The minimum Gasteiger partial charge on any atom is -0.384 e. The second-order valence-corrected chi connectivity index (χ2v) is 3.38. The van der Waals surface area contributed by atoms with Crippen LogP contribution in [0.4, 0.5) is 19.0 Å². The Morgan fingerprint density at radius 3 is 2.35 bits per heavy atom. The lowest BCUT2D eigenvalue weighted by Crippen LogP contribution is -2.07. The van der Waals surface area contributed by atoms with Crippen molar-refractivity contribution in [1.82, 2.24) is 9.97 Å². The smallest absolute Gasteiger partial charge is 0.384 e. The van der Waals surface area contributed by atoms with Gasteiger partial charge in [-0.25, -0.2) is 4.98 Å². The molecule has 0 aliphatic heterocycles. The van der Waals surface area contributed by atoms with Crippen molar-refractivity contribution in [2.75, 3.05) is 5.73 Å². The third-order valence-electron chi connectivity index (χ3n) is 2.12. The fourth-order valence-corrected chi connectivity index (χ4v) is 1.33. The summed E-state index contributed by atoms with van der Waals surface area (Å²) in [6, 6.07) is 7.16. The van der Waals surface area contributed by atoms with E-state index in [1.807, 2.05) is 0 Å². The van der Waals surface area contributed by atoms with Gasteiger partial charge in [-0.15, -0.1) is 0 Å². The molecule has 0 atom stereocenters. The molecule has 0 aliphatic rings. The quantitative estimate of drug-likeness (QED) is 0.832. The summed E-state index contributed by atoms with van der Waals surface area (Å²) in [5.41, 5.74) is 5.54. The molecule has 0 saturated carbocycles. The lowest BCUT2D eigenvalue weighted by Gasteiger charge is -2.06. The molecule has 17 heavy (non-hydrogen) atoms. The zero-order valence-corrected chi connectivity index (χ0v) is 8.57. The normalized spacial score (nSPS) is 11.5. The molecule has 6 heteroatoms. The Morgan fingerprint density at radius 2 is 1.82 bits per heavy atom. The van der Waals surface area contributed by atoms with Crippen molar-refractivity contribution >= 4 is 5.82 Å². The van der Waals surface area contributed by atoms with Gasteiger partial charge in [-0.3, -0.25) is 4.98 Å². The van der Waals surface area contributed by atoms with Gasteiger partial charge in [-0.1, -0.05) is 6.07 Å². The van der Waals surface area contributed by atoms with Gasteiger partial charge < -0.3 is 5.73 Å². The number of hydrogen-bond donors (Lipinski definition) is 1. The molecule has 0 radical (unpaired) electrons. The van der Waals surface area contributed by atoms with Crippen LogP contribution in [0.3, 0.4) is 0 Å². The Morgan fingerprint density at radius 1 is 1.06 bits per heavy atom. The fraction of sp³-hybridized carbons (Fsp3) is 0.0909. The van der Waals surface area contributed by atoms with E-state index in [4.69, 9.17) is 5.73 Å². The summed E-state index contributed by atoms with van der Waals surface area (Å²) in [4.78, 5) is 7.34. The first kappa shape index (κ1) is 11.4. The molecule has 0 aliphatic carbocycles. The summed E-state index contributed by atoms with van der Waals surface area (Å²) >= 11 is 0. The van der Waals surface area contributed by atoms with E-state index in [1.54, 1.807) is 18.2 Å². The topological polar surface area (TPSA) is 51.8 Å². The predicted molar refractivity (Wildman–Crippen MR) is 56.9 cm³/mol. The van der Waals surface area contributed by atoms with E-state index in [-0.39, 0.29) is 0 Å². The monoisotopic (exact) mass is 239 g/mol. The first-order valence-electron chi connectivity index (χ1n) is 4.73. The summed E-state index contributed by atoms with van der Waals surface area (Å²) < 4.78 is 36.9. The van der Waals surface area contributed by atoms with Crippen LogP contribution < -0.4 is 5.73 Å². The van der Waals surface area contributed by atoms with Crippen LogP contribution in [0, 0.1) is 0 Å². The van der Waals surface area contributed by atoms with Crippen molar-refractivity contribution in [3.05, 3.63) is 42.2 Å². The molecule has 2 rings (SSSR count). The van der Waals surface area contributed by atoms with Crippen molar-refractivity contribution in [1.29, 1.82) is 0 Å². The number of anilines is 1. The van der Waals surface area contributed by atoms with Crippen LogP contribution in [-0.2, 0) is 6.18 Å². The first-order chi connectivity index (χ1) is 7.97. The molecule has 2 aromatic heterocycles. The van der Waals surface area contributed by atoms with E-state index in [0.717, 1.165) is 12.3 Å². The van der Waals surface area contributed by atoms with Gasteiger partial charge in [0.05, 0.1) is 5.69 Å². The van der Waals surface area contributed by atoms with E-state index in [2.05, 4.69) is 9.97 Å². The van der Waals surface area contributed by atoms with Gasteiger partial charge in [0.2, 0.25) is 0 Å². The van der Waals surface area contributed by atoms with E-state index in [1.165, 1.54) is 6.07 Å². The molecule has 2 heterocycles. The highest BCUT2D eigenvalue weighted by Crippen LogP contribution is 2.28. The zero-order chi connectivity index (χ0) is 12.5. The molecule has 0 fully saturated rings. The van der Waals surface area contributed by atoms with Crippen molar-refractivity contribution in [3.8, 4) is 11.3 Å². The first-order valence-corrected chi connectivity index (χ1v) is 4.73. The van der Waals surface area contributed by atoms with Gasteiger partial charge in [0.25, 0.3) is 0 Å². The molecule has 0 unspecified atom stereocenters. The van der Waals surface area contributed by atoms with E-state index < -0.39 is 11.9 Å². The Kier molecular flexibility index (Phi) is 2.71. The minimum atomic E-state index is -4.43.